The van der Waals surface area contributed by atoms with Crippen LogP contribution in [0.15, 0.2) is 43.0 Å². The molecule has 0 aliphatic carbocycles. The van der Waals surface area contributed by atoms with E-state index in [-0.39, 0.29) is 65.6 Å². The van der Waals surface area contributed by atoms with Crippen LogP contribution in [-0.2, 0) is 66.7 Å². The Balaban J connectivity index is 0.893. The summed E-state index contributed by atoms with van der Waals surface area (Å²) in [4.78, 5) is 117. The molecule has 1 aromatic carbocycles. The number of nitrogens with one attached hydrogen (secondary N) is 3. The number of aromatic nitrogens is 4. The van der Waals surface area contributed by atoms with E-state index in [1.165, 1.54) is 30.5 Å². The van der Waals surface area contributed by atoms with Crippen molar-refractivity contribution in [3.8, 4) is 0 Å². The molecule has 28 nitrogen and oxygen atoms in total. The first-order valence-electron chi connectivity index (χ1n) is 21.0. The summed E-state index contributed by atoms with van der Waals surface area (Å²) in [5.41, 5.74) is 5.00. The molecule has 10 atom stereocenters. The highest BCUT2D eigenvalue weighted by molar-refractivity contribution is 8.14. The van der Waals surface area contributed by atoms with E-state index in [9.17, 15) is 67.5 Å². The van der Waals surface area contributed by atoms with Gasteiger partial charge in [0, 0.05) is 35.4 Å². The zero-order valence-electron chi connectivity index (χ0n) is 37.6. The Hall–Kier alpha value is -3.93. The van der Waals surface area contributed by atoms with Gasteiger partial charge >= 0.3 is 23.5 Å². The Morgan fingerprint density at radius 3 is 2.37 bits per heavy atom. The molecule has 0 spiro atoms. The number of nitrogens with zero attached hydrogens (tertiary/aromatic N) is 5. The number of hydrogen-bond acceptors (Lipinski definition) is 21. The fourth-order valence-electron chi connectivity index (χ4n) is 7.49. The van der Waals surface area contributed by atoms with E-state index in [4.69, 9.17) is 19.5 Å². The van der Waals surface area contributed by atoms with Crippen molar-refractivity contribution in [1.82, 2.24) is 40.4 Å². The Bertz CT molecular complexity index is 2590. The predicted molar refractivity (Wildman–Crippen MR) is 245 cm³/mol. The lowest BCUT2D eigenvalue weighted by atomic mass is 9.87. The number of anilines is 1. The molecule has 5 heterocycles. The SMILES string of the molecule is CC(C)(COP(=O)(O)OP(=O)(O)OCC1OC(n2cnc3c(N)ncnc32)C(O)C1OP(=O)(O)O)C(O)C(=O)NCCC(=O)NCCSC(=O)[C@@H]1N2C(=O)[C@@H](NC(=O)Cc3ccccc3)[C@H]2SC1(C)C. The Kier molecular flexibility index (Phi) is 17.4. The van der Waals surface area contributed by atoms with Crippen LogP contribution >= 0.6 is 47.0 Å². The number of phosphoric ester groups is 3. The molecule has 33 heteroatoms. The zero-order valence-corrected chi connectivity index (χ0v) is 41.9. The molecule has 386 valence electrons. The molecular weight excluding hydrogens is 1030 g/mol. The number of phosphoric acid groups is 3. The van der Waals surface area contributed by atoms with Crippen LogP contribution in [0.5, 0.6) is 0 Å². The average Bonchev–Trinajstić information content (AvgIpc) is 3.91. The average molecular weight is 1080 g/mol. The van der Waals surface area contributed by atoms with Crippen LogP contribution in [-0.4, -0.2) is 162 Å². The fraction of sp³-hybridized carbons (Fsp3) is 0.568. The highest BCUT2D eigenvalue weighted by Crippen LogP contribution is 2.61. The number of nitrogens with two attached hydrogens (primary N) is 1. The molecule has 3 aromatic rings. The number of nitrogen functional groups attached to an aromatic ring is 1. The van der Waals surface area contributed by atoms with Crippen LogP contribution in [0.3, 0.4) is 0 Å². The van der Waals surface area contributed by atoms with E-state index in [0.717, 1.165) is 34.5 Å². The van der Waals surface area contributed by atoms with Crippen molar-refractivity contribution < 1.29 is 90.1 Å². The number of ether oxygens (including phenoxy) is 1. The second-order valence-corrected chi connectivity index (χ2v) is 24.3. The van der Waals surface area contributed by atoms with Crippen LogP contribution < -0.4 is 21.7 Å². The van der Waals surface area contributed by atoms with Crippen molar-refractivity contribution in [3.63, 3.8) is 0 Å². The van der Waals surface area contributed by atoms with Crippen LogP contribution in [0.25, 0.3) is 11.2 Å². The van der Waals surface area contributed by atoms with Gasteiger partial charge in [-0.3, -0.25) is 42.1 Å². The van der Waals surface area contributed by atoms with Gasteiger partial charge in [0.15, 0.2) is 17.7 Å². The maximum atomic E-state index is 13.3. The van der Waals surface area contributed by atoms with Gasteiger partial charge in [0.05, 0.1) is 26.0 Å². The van der Waals surface area contributed by atoms with Crippen molar-refractivity contribution in [1.29, 1.82) is 0 Å². The lowest BCUT2D eigenvalue weighted by Gasteiger charge is -2.44. The van der Waals surface area contributed by atoms with Gasteiger partial charge in [-0.05, 0) is 19.4 Å². The molecule has 7 unspecified atom stereocenters. The van der Waals surface area contributed by atoms with Gasteiger partial charge in [-0.2, -0.15) is 4.31 Å². The van der Waals surface area contributed by atoms with Gasteiger partial charge < -0.3 is 61.1 Å². The maximum Gasteiger partial charge on any atom is 0.481 e. The van der Waals surface area contributed by atoms with Crippen molar-refractivity contribution in [3.05, 3.63) is 48.5 Å². The zero-order chi connectivity index (χ0) is 51.6. The van der Waals surface area contributed by atoms with Gasteiger partial charge in [-0.15, -0.1) is 11.8 Å². The second kappa shape index (κ2) is 22.0. The summed E-state index contributed by atoms with van der Waals surface area (Å²) in [5.74, 6) is -2.09. The van der Waals surface area contributed by atoms with Crippen molar-refractivity contribution in [2.45, 2.75) is 93.4 Å². The normalized spacial score (nSPS) is 25.3. The molecule has 0 bridgehead atoms. The number of amides is 4. The quantitative estimate of drug-likeness (QED) is 0.0324. The molecule has 6 rings (SSSR count). The number of carbonyl (C=O) groups excluding carboxylic acids is 5. The summed E-state index contributed by atoms with van der Waals surface area (Å²) < 4.78 is 61.9. The van der Waals surface area contributed by atoms with E-state index in [0.29, 0.717) is 0 Å². The highest BCUT2D eigenvalue weighted by Gasteiger charge is 2.64. The predicted octanol–water partition coefficient (Wildman–Crippen LogP) is -0.545. The number of aliphatic hydroxyl groups excluding tert-OH is 2. The van der Waals surface area contributed by atoms with Crippen molar-refractivity contribution in [2.24, 2.45) is 5.41 Å². The van der Waals surface area contributed by atoms with Crippen molar-refractivity contribution >= 4 is 92.7 Å². The van der Waals surface area contributed by atoms with Gasteiger partial charge in [-0.25, -0.2) is 28.6 Å². The van der Waals surface area contributed by atoms with Crippen LogP contribution in [0.1, 0.15) is 45.9 Å². The third-order valence-electron chi connectivity index (χ3n) is 10.9. The Morgan fingerprint density at radius 1 is 1.00 bits per heavy atom. The summed E-state index contributed by atoms with van der Waals surface area (Å²) in [6.45, 7) is 3.86. The number of rotatable bonds is 23. The minimum Gasteiger partial charge on any atom is -0.386 e. The van der Waals surface area contributed by atoms with Gasteiger partial charge in [0.25, 0.3) is 0 Å². The third-order valence-corrected chi connectivity index (χ3v) is 16.5. The second-order valence-electron chi connectivity index (χ2n) is 17.2. The Labute approximate surface area is 407 Å². The first-order valence-corrected chi connectivity index (χ1v) is 27.4. The molecule has 2 aromatic heterocycles. The monoisotopic (exact) mass is 1080 g/mol. The first kappa shape index (κ1) is 55.4. The molecule has 3 saturated heterocycles. The number of thioether (sulfide) groups is 2. The topological polar surface area (TPSA) is 413 Å². The van der Waals surface area contributed by atoms with Crippen LogP contribution in [0.4, 0.5) is 5.82 Å². The summed E-state index contributed by atoms with van der Waals surface area (Å²) in [7, 11) is -16.5. The van der Waals surface area contributed by atoms with E-state index in [1.807, 2.05) is 44.2 Å². The fourth-order valence-corrected chi connectivity index (χ4v) is 13.0. The lowest BCUT2D eigenvalue weighted by Crippen LogP contribution is -2.70. The summed E-state index contributed by atoms with van der Waals surface area (Å²) in [5, 5.41) is 28.7. The molecule has 0 radical (unpaired) electrons. The molecule has 70 heavy (non-hydrogen) atoms. The van der Waals surface area contributed by atoms with Gasteiger partial charge in [-0.1, -0.05) is 55.9 Å². The van der Waals surface area contributed by atoms with Crippen molar-refractivity contribution in [2.75, 3.05) is 37.8 Å². The van der Waals surface area contributed by atoms with Gasteiger partial charge in [0.1, 0.15) is 53.7 Å². The number of aliphatic hydroxyl groups is 2. The number of fused-ring (bicyclic) bond motifs is 2. The number of hydrogen-bond donors (Lipinski definition) is 10. The maximum absolute atomic E-state index is 13.3. The standard InChI is InChI=1S/C37H52N9O19P3S2/c1-36(2,16-62-68(59,60)65-67(57,58)61-15-20-26(64-66(54,55)56)25(49)33(63-20)45-18-43-23-29(38)41-17-42-30(23)45)28(50)31(51)40-11-10-21(47)39-12-13-69-35(53)27-37(3,4)70-34-24(32(52)46(27)34)44-22(48)14-19-8-6-5-7-9-19/h5-9,17-18,20,24-28,33-34,49-50H,10-16H2,1-4H3,(H,39,47)(H,40,51)(H,44,48)(H,57,58)(H,59,60)(H2,38,41,42)(H2,54,55,56)/t20?,24-,25?,26?,27+,28?,33?,34-/m1/s1. The van der Waals surface area contributed by atoms with E-state index >= 15 is 0 Å². The minimum absolute atomic E-state index is 0.0173. The third kappa shape index (κ3) is 13.6. The summed E-state index contributed by atoms with van der Waals surface area (Å²) in [6.07, 6.45) is -7.05. The number of β-lactam (4-membered cyclic amide) rings is 1. The lowest BCUT2D eigenvalue weighted by molar-refractivity contribution is -0.153. The van der Waals surface area contributed by atoms with Gasteiger partial charge in [0.2, 0.25) is 28.7 Å². The molecule has 3 fully saturated rings. The molecular formula is C37H52N9O19P3S2. The molecule has 11 N–H and O–H groups in total. The van der Waals surface area contributed by atoms with E-state index in [1.54, 1.807) is 0 Å². The summed E-state index contributed by atoms with van der Waals surface area (Å²) in [6, 6.07) is 7.55. The molecule has 3 aliphatic heterocycles. The molecule has 0 saturated carbocycles. The Morgan fingerprint density at radius 2 is 1.69 bits per heavy atom. The van der Waals surface area contributed by atoms with E-state index in [2.05, 4.69) is 39.7 Å². The molecule has 4 amide bonds. The smallest absolute Gasteiger partial charge is 0.386 e. The van der Waals surface area contributed by atoms with Crippen LogP contribution in [0.2, 0.25) is 0 Å². The number of carbonyl (C=O) groups is 5. The highest BCUT2D eigenvalue weighted by atomic mass is 32.2. The summed E-state index contributed by atoms with van der Waals surface area (Å²) >= 11 is 2.36. The molecule has 3 aliphatic rings. The minimum atomic E-state index is -5.61. The number of imidazole rings is 1. The van der Waals surface area contributed by atoms with E-state index < -0.39 is 107 Å². The number of benzene rings is 1. The first-order chi connectivity index (χ1) is 32.6. The van der Waals surface area contributed by atoms with Crippen LogP contribution in [0, 0.1) is 5.41 Å². The largest absolute Gasteiger partial charge is 0.481 e.